The summed E-state index contributed by atoms with van der Waals surface area (Å²) in [7, 11) is -0.618. The molecule has 0 saturated carbocycles. The maximum Gasteiger partial charge on any atom is 0.243 e. The second-order valence-corrected chi connectivity index (χ2v) is 7.58. The first-order chi connectivity index (χ1) is 10.3. The normalized spacial score (nSPS) is 11.7. The molecule has 0 heterocycles. The highest BCUT2D eigenvalue weighted by Gasteiger charge is 2.21. The first kappa shape index (κ1) is 16.9. The van der Waals surface area contributed by atoms with Crippen LogP contribution in [0.1, 0.15) is 5.56 Å². The summed E-state index contributed by atoms with van der Waals surface area (Å²) in [4.78, 5) is 0.178. The Morgan fingerprint density at radius 1 is 1.18 bits per heavy atom. The van der Waals surface area contributed by atoms with Gasteiger partial charge in [-0.25, -0.2) is 12.8 Å². The van der Waals surface area contributed by atoms with Gasteiger partial charge >= 0.3 is 0 Å². The lowest BCUT2D eigenvalue weighted by atomic mass is 10.2. The average Bonchev–Trinajstić information content (AvgIpc) is 2.51. The van der Waals surface area contributed by atoms with Crippen molar-refractivity contribution in [3.05, 3.63) is 58.3 Å². The number of benzene rings is 2. The topological polar surface area (TPSA) is 46.6 Å². The number of nitrogens with zero attached hydrogens (tertiary/aromatic N) is 1. The summed E-state index contributed by atoms with van der Waals surface area (Å²) in [5.41, 5.74) is 0.688. The van der Waals surface area contributed by atoms with Crippen molar-refractivity contribution >= 4 is 26.0 Å². The van der Waals surface area contributed by atoms with Gasteiger partial charge in [0.2, 0.25) is 10.0 Å². The van der Waals surface area contributed by atoms with E-state index in [0.717, 1.165) is 0 Å². The van der Waals surface area contributed by atoms with Gasteiger partial charge in [0.15, 0.2) is 0 Å². The SMILES string of the molecule is COc1ccc(S(=O)(=O)N(C)Cc2ccc(F)c(Br)c2)cc1. The van der Waals surface area contributed by atoms with E-state index >= 15 is 0 Å². The molecule has 4 nitrogen and oxygen atoms in total. The fraction of sp³-hybridized carbons (Fsp3) is 0.200. The van der Waals surface area contributed by atoms with E-state index in [0.29, 0.717) is 15.8 Å². The van der Waals surface area contributed by atoms with Gasteiger partial charge in [-0.1, -0.05) is 6.07 Å². The average molecular weight is 388 g/mol. The Balaban J connectivity index is 2.22. The van der Waals surface area contributed by atoms with E-state index in [1.807, 2.05) is 0 Å². The summed E-state index contributed by atoms with van der Waals surface area (Å²) < 4.78 is 44.7. The van der Waals surface area contributed by atoms with Crippen molar-refractivity contribution in [2.75, 3.05) is 14.2 Å². The highest BCUT2D eigenvalue weighted by molar-refractivity contribution is 9.10. The molecular formula is C15H15BrFNO3S. The Kier molecular flexibility index (Phi) is 5.20. The number of hydrogen-bond acceptors (Lipinski definition) is 3. The molecule has 118 valence electrons. The molecule has 2 rings (SSSR count). The Bertz CT molecular complexity index is 763. The molecule has 0 aliphatic rings. The fourth-order valence-corrected chi connectivity index (χ4v) is 3.49. The summed E-state index contributed by atoms with van der Waals surface area (Å²) in [5.74, 6) is 0.202. The highest BCUT2D eigenvalue weighted by Crippen LogP contribution is 2.22. The van der Waals surface area contributed by atoms with Gasteiger partial charge in [-0.15, -0.1) is 0 Å². The molecule has 0 fully saturated rings. The minimum Gasteiger partial charge on any atom is -0.497 e. The predicted octanol–water partition coefficient (Wildman–Crippen LogP) is 3.42. The van der Waals surface area contributed by atoms with Gasteiger partial charge in [-0.2, -0.15) is 4.31 Å². The summed E-state index contributed by atoms with van der Waals surface area (Å²) >= 11 is 3.09. The molecule has 2 aromatic carbocycles. The zero-order valence-corrected chi connectivity index (χ0v) is 14.5. The van der Waals surface area contributed by atoms with Crippen molar-refractivity contribution in [1.29, 1.82) is 0 Å². The number of hydrogen-bond donors (Lipinski definition) is 0. The Labute approximate surface area is 137 Å². The van der Waals surface area contributed by atoms with E-state index in [1.165, 1.54) is 36.7 Å². The predicted molar refractivity (Wildman–Crippen MR) is 85.7 cm³/mol. The molecule has 0 aliphatic carbocycles. The molecule has 0 saturated heterocycles. The molecule has 0 amide bonds. The Morgan fingerprint density at radius 3 is 2.36 bits per heavy atom. The minimum absolute atomic E-state index is 0.146. The van der Waals surface area contributed by atoms with E-state index in [1.54, 1.807) is 24.3 Å². The zero-order chi connectivity index (χ0) is 16.3. The standard InChI is InChI=1S/C15H15BrFNO3S/c1-18(10-11-3-8-15(17)14(16)9-11)22(19,20)13-6-4-12(21-2)5-7-13/h3-9H,10H2,1-2H3. The van der Waals surface area contributed by atoms with Crippen LogP contribution in [0.5, 0.6) is 5.75 Å². The molecule has 0 atom stereocenters. The second-order valence-electron chi connectivity index (χ2n) is 4.69. The molecule has 22 heavy (non-hydrogen) atoms. The van der Waals surface area contributed by atoms with E-state index < -0.39 is 10.0 Å². The molecule has 0 bridgehead atoms. The number of ether oxygens (including phenoxy) is 1. The molecule has 7 heteroatoms. The number of sulfonamides is 1. The van der Waals surface area contributed by atoms with Crippen LogP contribution in [0.3, 0.4) is 0 Å². The molecule has 0 N–H and O–H groups in total. The van der Waals surface area contributed by atoms with Gasteiger partial charge in [0.05, 0.1) is 16.5 Å². The van der Waals surface area contributed by atoms with Crippen LogP contribution in [0.25, 0.3) is 0 Å². The summed E-state index contributed by atoms with van der Waals surface area (Å²) in [6.45, 7) is 0.146. The van der Waals surface area contributed by atoms with Crippen LogP contribution < -0.4 is 4.74 Å². The Morgan fingerprint density at radius 2 is 1.82 bits per heavy atom. The fourth-order valence-electron chi connectivity index (χ4n) is 1.91. The lowest BCUT2D eigenvalue weighted by Gasteiger charge is -2.17. The molecule has 0 aromatic heterocycles. The van der Waals surface area contributed by atoms with Gasteiger partial charge in [-0.05, 0) is 57.9 Å². The molecule has 0 unspecified atom stereocenters. The van der Waals surface area contributed by atoms with Gasteiger partial charge in [0, 0.05) is 13.6 Å². The summed E-state index contributed by atoms with van der Waals surface area (Å²) in [6, 6.07) is 10.6. The van der Waals surface area contributed by atoms with Crippen LogP contribution >= 0.6 is 15.9 Å². The molecule has 2 aromatic rings. The summed E-state index contributed by atoms with van der Waals surface area (Å²) in [6.07, 6.45) is 0. The van der Waals surface area contributed by atoms with Gasteiger partial charge < -0.3 is 4.74 Å². The van der Waals surface area contributed by atoms with Crippen LogP contribution in [0, 0.1) is 5.82 Å². The van der Waals surface area contributed by atoms with E-state index in [-0.39, 0.29) is 17.3 Å². The van der Waals surface area contributed by atoms with Gasteiger partial charge in [-0.3, -0.25) is 0 Å². The first-order valence-corrected chi connectivity index (χ1v) is 8.62. The second kappa shape index (κ2) is 6.76. The molecular weight excluding hydrogens is 373 g/mol. The van der Waals surface area contributed by atoms with Crippen LogP contribution in [-0.4, -0.2) is 26.9 Å². The number of halogens is 2. The number of methoxy groups -OCH3 is 1. The smallest absolute Gasteiger partial charge is 0.243 e. The third-order valence-electron chi connectivity index (χ3n) is 3.16. The van der Waals surface area contributed by atoms with Crippen molar-refractivity contribution in [3.63, 3.8) is 0 Å². The quantitative estimate of drug-likeness (QED) is 0.789. The van der Waals surface area contributed by atoms with Gasteiger partial charge in [0.25, 0.3) is 0 Å². The van der Waals surface area contributed by atoms with Crippen molar-refractivity contribution < 1.29 is 17.5 Å². The Hall–Kier alpha value is -1.44. The van der Waals surface area contributed by atoms with Crippen LogP contribution in [0.15, 0.2) is 51.8 Å². The molecule has 0 aliphatic heterocycles. The third kappa shape index (κ3) is 3.66. The van der Waals surface area contributed by atoms with Crippen LogP contribution in [0.2, 0.25) is 0 Å². The molecule has 0 radical (unpaired) electrons. The number of rotatable bonds is 5. The highest BCUT2D eigenvalue weighted by atomic mass is 79.9. The van der Waals surface area contributed by atoms with Crippen molar-refractivity contribution in [2.24, 2.45) is 0 Å². The minimum atomic E-state index is -3.62. The monoisotopic (exact) mass is 387 g/mol. The van der Waals surface area contributed by atoms with Crippen molar-refractivity contribution in [2.45, 2.75) is 11.4 Å². The van der Waals surface area contributed by atoms with Gasteiger partial charge in [0.1, 0.15) is 11.6 Å². The maximum absolute atomic E-state index is 13.2. The van der Waals surface area contributed by atoms with E-state index in [2.05, 4.69) is 15.9 Å². The molecule has 0 spiro atoms. The maximum atomic E-state index is 13.2. The largest absolute Gasteiger partial charge is 0.497 e. The van der Waals surface area contributed by atoms with E-state index in [4.69, 9.17) is 4.74 Å². The third-order valence-corrected chi connectivity index (χ3v) is 5.58. The van der Waals surface area contributed by atoms with Crippen LogP contribution in [0.4, 0.5) is 4.39 Å². The zero-order valence-electron chi connectivity index (χ0n) is 12.1. The lowest BCUT2D eigenvalue weighted by Crippen LogP contribution is -2.26. The van der Waals surface area contributed by atoms with E-state index in [9.17, 15) is 12.8 Å². The van der Waals surface area contributed by atoms with Crippen molar-refractivity contribution in [1.82, 2.24) is 4.31 Å². The van der Waals surface area contributed by atoms with Crippen molar-refractivity contribution in [3.8, 4) is 5.75 Å². The lowest BCUT2D eigenvalue weighted by molar-refractivity contribution is 0.414. The van der Waals surface area contributed by atoms with Crippen LogP contribution in [-0.2, 0) is 16.6 Å². The first-order valence-electron chi connectivity index (χ1n) is 6.39. The summed E-state index contributed by atoms with van der Waals surface area (Å²) in [5, 5.41) is 0.